The summed E-state index contributed by atoms with van der Waals surface area (Å²) in [5.74, 6) is 0.427. The summed E-state index contributed by atoms with van der Waals surface area (Å²) in [6, 6.07) is 0.331. The van der Waals surface area contributed by atoms with E-state index in [0.717, 1.165) is 25.7 Å². The van der Waals surface area contributed by atoms with E-state index in [2.05, 4.69) is 17.1 Å². The van der Waals surface area contributed by atoms with Gasteiger partial charge in [-0.2, -0.15) is 4.98 Å². The van der Waals surface area contributed by atoms with Gasteiger partial charge in [0.1, 0.15) is 0 Å². The molecule has 0 bridgehead atoms. The van der Waals surface area contributed by atoms with Crippen molar-refractivity contribution in [3.8, 4) is 0 Å². The van der Waals surface area contributed by atoms with Crippen molar-refractivity contribution >= 4 is 5.97 Å². The minimum absolute atomic E-state index is 0.0379. The van der Waals surface area contributed by atoms with Crippen molar-refractivity contribution in [1.29, 1.82) is 0 Å². The Morgan fingerprint density at radius 3 is 2.84 bits per heavy atom. The molecule has 1 aliphatic rings. The van der Waals surface area contributed by atoms with Gasteiger partial charge in [0.05, 0.1) is 13.1 Å². The topological polar surface area (TPSA) is 79.5 Å². The molecule has 19 heavy (non-hydrogen) atoms. The molecule has 1 fully saturated rings. The Balaban J connectivity index is 1.99. The van der Waals surface area contributed by atoms with Gasteiger partial charge in [0.2, 0.25) is 5.89 Å². The highest BCUT2D eigenvalue weighted by molar-refractivity contribution is 5.69. The van der Waals surface area contributed by atoms with Crippen molar-refractivity contribution in [2.24, 2.45) is 0 Å². The van der Waals surface area contributed by atoms with E-state index in [1.807, 2.05) is 4.90 Å². The first-order valence-corrected chi connectivity index (χ1v) is 6.96. The second-order valence-electron chi connectivity index (χ2n) is 5.09. The monoisotopic (exact) mass is 267 g/mol. The fourth-order valence-corrected chi connectivity index (χ4v) is 2.61. The molecular weight excluding hydrogens is 246 g/mol. The number of nitrogens with zero attached hydrogens (tertiary/aromatic N) is 3. The lowest BCUT2D eigenvalue weighted by atomic mass is 10.2. The summed E-state index contributed by atoms with van der Waals surface area (Å²) < 4.78 is 5.19. The maximum Gasteiger partial charge on any atom is 0.317 e. The van der Waals surface area contributed by atoms with Crippen molar-refractivity contribution in [1.82, 2.24) is 15.0 Å². The van der Waals surface area contributed by atoms with Crippen LogP contribution >= 0.6 is 0 Å². The van der Waals surface area contributed by atoms with Gasteiger partial charge in [-0.25, -0.2) is 0 Å². The van der Waals surface area contributed by atoms with Crippen LogP contribution in [0.3, 0.4) is 0 Å². The molecule has 0 amide bonds. The average molecular weight is 267 g/mol. The van der Waals surface area contributed by atoms with Crippen LogP contribution in [0.15, 0.2) is 4.52 Å². The van der Waals surface area contributed by atoms with Crippen LogP contribution in [0.25, 0.3) is 0 Å². The average Bonchev–Trinajstić information content (AvgIpc) is 2.99. The number of aromatic nitrogens is 2. The number of rotatable bonds is 7. The number of carbonyl (C=O) groups is 1. The zero-order chi connectivity index (χ0) is 13.7. The third kappa shape index (κ3) is 4.02. The number of hydrogen-bond donors (Lipinski definition) is 1. The van der Waals surface area contributed by atoms with Crippen LogP contribution in [0.4, 0.5) is 0 Å². The number of carboxylic acid groups (broad SMARTS) is 1. The summed E-state index contributed by atoms with van der Waals surface area (Å²) >= 11 is 0. The zero-order valence-electron chi connectivity index (χ0n) is 11.3. The predicted molar refractivity (Wildman–Crippen MR) is 68.6 cm³/mol. The van der Waals surface area contributed by atoms with Gasteiger partial charge in [-0.3, -0.25) is 9.69 Å². The molecule has 0 aliphatic heterocycles. The Labute approximate surface area is 112 Å². The van der Waals surface area contributed by atoms with Crippen LogP contribution in [0.2, 0.25) is 0 Å². The van der Waals surface area contributed by atoms with Crippen LogP contribution in [-0.2, 0) is 17.8 Å². The summed E-state index contributed by atoms with van der Waals surface area (Å²) in [5.41, 5.74) is 0. The van der Waals surface area contributed by atoms with Gasteiger partial charge in [0, 0.05) is 12.5 Å². The maximum atomic E-state index is 11.0. The van der Waals surface area contributed by atoms with Gasteiger partial charge in [-0.05, 0) is 19.3 Å². The smallest absolute Gasteiger partial charge is 0.317 e. The molecule has 0 saturated heterocycles. The van der Waals surface area contributed by atoms with Crippen LogP contribution in [-0.4, -0.2) is 38.7 Å². The molecular formula is C13H21N3O3. The van der Waals surface area contributed by atoms with Crippen molar-refractivity contribution in [3.05, 3.63) is 11.7 Å². The van der Waals surface area contributed by atoms with Gasteiger partial charge in [-0.1, -0.05) is 24.9 Å². The van der Waals surface area contributed by atoms with Crippen molar-refractivity contribution in [2.75, 3.05) is 6.54 Å². The third-order valence-electron chi connectivity index (χ3n) is 3.50. The minimum atomic E-state index is -0.805. The first-order valence-electron chi connectivity index (χ1n) is 6.96. The Kier molecular flexibility index (Phi) is 4.90. The maximum absolute atomic E-state index is 11.0. The van der Waals surface area contributed by atoms with E-state index in [1.165, 1.54) is 12.8 Å². The molecule has 0 aromatic carbocycles. The molecule has 1 heterocycles. The van der Waals surface area contributed by atoms with E-state index < -0.39 is 5.97 Å². The van der Waals surface area contributed by atoms with Crippen molar-refractivity contribution in [2.45, 2.75) is 58.0 Å². The van der Waals surface area contributed by atoms with Crippen molar-refractivity contribution in [3.63, 3.8) is 0 Å². The first-order chi connectivity index (χ1) is 9.19. The van der Waals surface area contributed by atoms with E-state index in [-0.39, 0.29) is 6.54 Å². The second-order valence-corrected chi connectivity index (χ2v) is 5.09. The van der Waals surface area contributed by atoms with Crippen LogP contribution < -0.4 is 0 Å². The van der Waals surface area contributed by atoms with Gasteiger partial charge in [0.25, 0.3) is 0 Å². The molecule has 0 spiro atoms. The lowest BCUT2D eigenvalue weighted by molar-refractivity contribution is -0.139. The molecule has 0 atom stereocenters. The lowest BCUT2D eigenvalue weighted by Crippen LogP contribution is -2.37. The third-order valence-corrected chi connectivity index (χ3v) is 3.50. The van der Waals surface area contributed by atoms with E-state index in [0.29, 0.717) is 24.3 Å². The van der Waals surface area contributed by atoms with Gasteiger partial charge >= 0.3 is 5.97 Å². The van der Waals surface area contributed by atoms with Gasteiger partial charge < -0.3 is 9.63 Å². The molecule has 1 aromatic heterocycles. The molecule has 0 unspecified atom stereocenters. The highest BCUT2D eigenvalue weighted by Gasteiger charge is 2.26. The first kappa shape index (κ1) is 14.0. The molecule has 6 heteroatoms. The second kappa shape index (κ2) is 6.65. The predicted octanol–water partition coefficient (Wildman–Crippen LogP) is 1.85. The normalized spacial score (nSPS) is 16.3. The highest BCUT2D eigenvalue weighted by atomic mass is 16.5. The Hall–Kier alpha value is -1.43. The molecule has 1 saturated carbocycles. The van der Waals surface area contributed by atoms with E-state index in [4.69, 9.17) is 9.63 Å². The standard InChI is InChI=1S/C13H21N3O3/c1-2-5-11-14-12(19-15-11)8-16(9-13(17)18)10-6-3-4-7-10/h10H,2-9H2,1H3,(H,17,18). The Bertz CT molecular complexity index is 413. The Morgan fingerprint density at radius 1 is 1.47 bits per heavy atom. The largest absolute Gasteiger partial charge is 0.480 e. The fourth-order valence-electron chi connectivity index (χ4n) is 2.61. The van der Waals surface area contributed by atoms with E-state index >= 15 is 0 Å². The molecule has 2 rings (SSSR count). The van der Waals surface area contributed by atoms with E-state index in [1.54, 1.807) is 0 Å². The fraction of sp³-hybridized carbons (Fsp3) is 0.769. The summed E-state index contributed by atoms with van der Waals surface area (Å²) in [6.07, 6.45) is 6.23. The van der Waals surface area contributed by atoms with Crippen LogP contribution in [0, 0.1) is 0 Å². The van der Waals surface area contributed by atoms with E-state index in [9.17, 15) is 4.79 Å². The summed E-state index contributed by atoms with van der Waals surface area (Å²) in [5, 5.41) is 12.9. The quantitative estimate of drug-likeness (QED) is 0.812. The molecule has 1 aliphatic carbocycles. The summed E-state index contributed by atoms with van der Waals surface area (Å²) in [7, 11) is 0. The van der Waals surface area contributed by atoms with Gasteiger partial charge in [-0.15, -0.1) is 0 Å². The lowest BCUT2D eigenvalue weighted by Gasteiger charge is -2.25. The zero-order valence-corrected chi connectivity index (χ0v) is 11.3. The van der Waals surface area contributed by atoms with Crippen LogP contribution in [0.5, 0.6) is 0 Å². The number of aliphatic carboxylic acids is 1. The Morgan fingerprint density at radius 2 is 2.21 bits per heavy atom. The highest BCUT2D eigenvalue weighted by Crippen LogP contribution is 2.24. The molecule has 6 nitrogen and oxygen atoms in total. The number of aryl methyl sites for hydroxylation is 1. The van der Waals surface area contributed by atoms with Crippen molar-refractivity contribution < 1.29 is 14.4 Å². The SMILES string of the molecule is CCCc1noc(CN(CC(=O)O)C2CCCC2)n1. The minimum Gasteiger partial charge on any atom is -0.480 e. The number of carboxylic acids is 1. The summed E-state index contributed by atoms with van der Waals surface area (Å²) in [6.45, 7) is 2.54. The molecule has 0 radical (unpaired) electrons. The van der Waals surface area contributed by atoms with Gasteiger partial charge in [0.15, 0.2) is 5.82 Å². The molecule has 1 aromatic rings. The van der Waals surface area contributed by atoms with Crippen LogP contribution in [0.1, 0.15) is 50.7 Å². The summed E-state index contributed by atoms with van der Waals surface area (Å²) in [4.78, 5) is 17.2. The molecule has 106 valence electrons. The molecule has 1 N–H and O–H groups in total. The number of hydrogen-bond acceptors (Lipinski definition) is 5.